The molecule has 0 radical (unpaired) electrons. The number of amides is 1. The summed E-state index contributed by atoms with van der Waals surface area (Å²) in [6, 6.07) is 0. The van der Waals surface area contributed by atoms with Gasteiger partial charge in [-0.05, 0) is 38.3 Å². The minimum Gasteiger partial charge on any atom is -0.355 e. The highest BCUT2D eigenvalue weighted by Gasteiger charge is 2.10. The van der Waals surface area contributed by atoms with Crippen LogP contribution in [0.2, 0.25) is 0 Å². The summed E-state index contributed by atoms with van der Waals surface area (Å²) in [5.74, 6) is 0.769. The number of carbonyl (C=O) groups is 1. The fourth-order valence-corrected chi connectivity index (χ4v) is 2.01. The number of carbonyl (C=O) groups excluding carboxylic acids is 1. The van der Waals surface area contributed by atoms with Crippen LogP contribution in [0, 0.1) is 5.92 Å². The van der Waals surface area contributed by atoms with Crippen LogP contribution in [0.3, 0.4) is 0 Å². The van der Waals surface area contributed by atoms with Crippen molar-refractivity contribution in [2.45, 2.75) is 33.1 Å². The Morgan fingerprint density at radius 2 is 1.94 bits per heavy atom. The number of nitrogens with one attached hydrogen (secondary N) is 2. The Kier molecular flexibility index (Phi) is 7.21. The first-order chi connectivity index (χ1) is 8.18. The van der Waals surface area contributed by atoms with Gasteiger partial charge in [-0.15, -0.1) is 0 Å². The lowest BCUT2D eigenvalue weighted by Gasteiger charge is -2.14. The lowest BCUT2D eigenvalue weighted by atomic mass is 10.1. The molecule has 0 aromatic heterocycles. The van der Waals surface area contributed by atoms with Crippen LogP contribution < -0.4 is 10.6 Å². The molecule has 1 heterocycles. The molecule has 2 N–H and O–H groups in total. The van der Waals surface area contributed by atoms with E-state index in [2.05, 4.69) is 29.4 Å². The second-order valence-corrected chi connectivity index (χ2v) is 5.26. The highest BCUT2D eigenvalue weighted by Crippen LogP contribution is 2.05. The Hall–Kier alpha value is -0.610. The minimum absolute atomic E-state index is 0.118. The van der Waals surface area contributed by atoms with Gasteiger partial charge < -0.3 is 15.5 Å². The lowest BCUT2D eigenvalue weighted by molar-refractivity contribution is -0.120. The van der Waals surface area contributed by atoms with E-state index in [9.17, 15) is 4.79 Å². The molecular weight excluding hydrogens is 214 g/mol. The number of hydrogen-bond acceptors (Lipinski definition) is 3. The Labute approximate surface area is 105 Å². The molecule has 1 rings (SSSR count). The highest BCUT2D eigenvalue weighted by molar-refractivity contribution is 5.77. The molecule has 1 aliphatic rings. The third kappa shape index (κ3) is 7.34. The van der Waals surface area contributed by atoms with Crippen LogP contribution in [0.1, 0.15) is 33.1 Å². The van der Waals surface area contributed by atoms with E-state index in [-0.39, 0.29) is 5.91 Å². The molecule has 1 fully saturated rings. The fourth-order valence-electron chi connectivity index (χ4n) is 2.01. The van der Waals surface area contributed by atoms with Crippen LogP contribution in [0.5, 0.6) is 0 Å². The van der Waals surface area contributed by atoms with Crippen molar-refractivity contribution in [1.29, 1.82) is 0 Å². The predicted octanol–water partition coefficient (Wildman–Crippen LogP) is 0.834. The summed E-state index contributed by atoms with van der Waals surface area (Å²) in [6.07, 6.45) is 3.71. The van der Waals surface area contributed by atoms with Crippen molar-refractivity contribution in [2.75, 3.05) is 39.3 Å². The van der Waals surface area contributed by atoms with Crippen molar-refractivity contribution < 1.29 is 4.79 Å². The van der Waals surface area contributed by atoms with E-state index >= 15 is 0 Å². The van der Waals surface area contributed by atoms with Crippen LogP contribution in [-0.4, -0.2) is 50.1 Å². The number of rotatable bonds is 8. The molecule has 0 bridgehead atoms. The first kappa shape index (κ1) is 14.5. The SMILES string of the molecule is CC(C)CCNC(=O)CNCCN1CCCC1. The van der Waals surface area contributed by atoms with Crippen molar-refractivity contribution in [3.63, 3.8) is 0 Å². The standard InChI is InChI=1S/C13H27N3O/c1-12(2)5-6-15-13(17)11-14-7-10-16-8-3-4-9-16/h12,14H,3-11H2,1-2H3,(H,15,17). The van der Waals surface area contributed by atoms with Crippen LogP contribution in [-0.2, 0) is 4.79 Å². The van der Waals surface area contributed by atoms with Crippen molar-refractivity contribution in [3.05, 3.63) is 0 Å². The van der Waals surface area contributed by atoms with Crippen molar-refractivity contribution >= 4 is 5.91 Å². The van der Waals surface area contributed by atoms with Crippen LogP contribution in [0.15, 0.2) is 0 Å². The summed E-state index contributed by atoms with van der Waals surface area (Å²) < 4.78 is 0. The van der Waals surface area contributed by atoms with E-state index in [4.69, 9.17) is 0 Å². The molecule has 0 atom stereocenters. The Morgan fingerprint density at radius 3 is 2.59 bits per heavy atom. The molecule has 1 saturated heterocycles. The van der Waals surface area contributed by atoms with Crippen LogP contribution in [0.4, 0.5) is 0 Å². The zero-order chi connectivity index (χ0) is 12.5. The van der Waals surface area contributed by atoms with Crippen molar-refractivity contribution in [2.24, 2.45) is 5.92 Å². The van der Waals surface area contributed by atoms with Crippen molar-refractivity contribution in [1.82, 2.24) is 15.5 Å². The summed E-state index contributed by atoms with van der Waals surface area (Å²) in [4.78, 5) is 13.9. The third-order valence-corrected chi connectivity index (χ3v) is 3.13. The summed E-state index contributed by atoms with van der Waals surface area (Å²) in [5.41, 5.74) is 0. The molecule has 1 aliphatic heterocycles. The first-order valence-corrected chi connectivity index (χ1v) is 6.88. The molecule has 0 aromatic rings. The molecule has 0 saturated carbocycles. The second kappa shape index (κ2) is 8.48. The maximum atomic E-state index is 11.4. The first-order valence-electron chi connectivity index (χ1n) is 6.88. The Morgan fingerprint density at radius 1 is 1.24 bits per heavy atom. The molecule has 17 heavy (non-hydrogen) atoms. The predicted molar refractivity (Wildman–Crippen MR) is 71.0 cm³/mol. The normalized spacial score (nSPS) is 16.6. The van der Waals surface area contributed by atoms with Gasteiger partial charge in [0.1, 0.15) is 0 Å². The lowest BCUT2D eigenvalue weighted by Crippen LogP contribution is -2.38. The maximum Gasteiger partial charge on any atom is 0.233 e. The monoisotopic (exact) mass is 241 g/mol. The highest BCUT2D eigenvalue weighted by atomic mass is 16.1. The number of hydrogen-bond donors (Lipinski definition) is 2. The number of nitrogens with zero attached hydrogens (tertiary/aromatic N) is 1. The summed E-state index contributed by atoms with van der Waals surface area (Å²) in [6.45, 7) is 10.0. The average Bonchev–Trinajstić information content (AvgIpc) is 2.76. The van der Waals surface area contributed by atoms with Crippen LogP contribution >= 0.6 is 0 Å². The van der Waals surface area contributed by atoms with E-state index < -0.39 is 0 Å². The minimum atomic E-state index is 0.118. The van der Waals surface area contributed by atoms with Gasteiger partial charge in [0.15, 0.2) is 0 Å². The molecule has 1 amide bonds. The topological polar surface area (TPSA) is 44.4 Å². The van der Waals surface area contributed by atoms with Crippen molar-refractivity contribution in [3.8, 4) is 0 Å². The largest absolute Gasteiger partial charge is 0.355 e. The molecule has 4 nitrogen and oxygen atoms in total. The molecule has 4 heteroatoms. The quantitative estimate of drug-likeness (QED) is 0.619. The molecule has 100 valence electrons. The van der Waals surface area contributed by atoms with E-state index in [0.29, 0.717) is 12.5 Å². The summed E-state index contributed by atoms with van der Waals surface area (Å²) in [7, 11) is 0. The number of likely N-dealkylation sites (tertiary alicyclic amines) is 1. The van der Waals surface area contributed by atoms with E-state index in [1.54, 1.807) is 0 Å². The molecule has 0 aliphatic carbocycles. The summed E-state index contributed by atoms with van der Waals surface area (Å²) >= 11 is 0. The second-order valence-electron chi connectivity index (χ2n) is 5.26. The van der Waals surface area contributed by atoms with Gasteiger partial charge >= 0.3 is 0 Å². The maximum absolute atomic E-state index is 11.4. The Bertz CT molecular complexity index is 213. The van der Waals surface area contributed by atoms with Gasteiger partial charge in [-0.25, -0.2) is 0 Å². The van der Waals surface area contributed by atoms with Gasteiger partial charge in [-0.2, -0.15) is 0 Å². The zero-order valence-corrected chi connectivity index (χ0v) is 11.3. The van der Waals surface area contributed by atoms with Crippen LogP contribution in [0.25, 0.3) is 0 Å². The molecule has 0 spiro atoms. The van der Waals surface area contributed by atoms with E-state index in [0.717, 1.165) is 26.1 Å². The van der Waals surface area contributed by atoms with E-state index in [1.807, 2.05) is 0 Å². The van der Waals surface area contributed by atoms with E-state index in [1.165, 1.54) is 25.9 Å². The van der Waals surface area contributed by atoms with Gasteiger partial charge in [0, 0.05) is 19.6 Å². The molecule has 0 unspecified atom stereocenters. The van der Waals surface area contributed by atoms with Gasteiger partial charge in [0.05, 0.1) is 6.54 Å². The molecular formula is C13H27N3O. The third-order valence-electron chi connectivity index (χ3n) is 3.13. The average molecular weight is 241 g/mol. The molecule has 0 aromatic carbocycles. The zero-order valence-electron chi connectivity index (χ0n) is 11.3. The Balaban J connectivity index is 1.89. The smallest absolute Gasteiger partial charge is 0.233 e. The fraction of sp³-hybridized carbons (Fsp3) is 0.923. The summed E-state index contributed by atoms with van der Waals surface area (Å²) in [5, 5.41) is 6.12. The van der Waals surface area contributed by atoms with Gasteiger partial charge in [0.25, 0.3) is 0 Å². The van der Waals surface area contributed by atoms with Gasteiger partial charge in [0.2, 0.25) is 5.91 Å². The van der Waals surface area contributed by atoms with Gasteiger partial charge in [-0.3, -0.25) is 4.79 Å². The van der Waals surface area contributed by atoms with Gasteiger partial charge in [-0.1, -0.05) is 13.8 Å².